The maximum absolute atomic E-state index is 13.5. The van der Waals surface area contributed by atoms with Crippen molar-refractivity contribution in [2.24, 2.45) is 0 Å². The predicted molar refractivity (Wildman–Crippen MR) is 130 cm³/mol. The van der Waals surface area contributed by atoms with Crippen LogP contribution in [-0.4, -0.2) is 41.0 Å². The summed E-state index contributed by atoms with van der Waals surface area (Å²) in [5.74, 6) is -0.785. The number of aryl methyl sites for hydroxylation is 1. The van der Waals surface area contributed by atoms with Gasteiger partial charge in [-0.2, -0.15) is 0 Å². The lowest BCUT2D eigenvalue weighted by Crippen LogP contribution is -2.35. The van der Waals surface area contributed by atoms with Gasteiger partial charge in [0.15, 0.2) is 6.10 Å². The molecule has 1 N–H and O–H groups in total. The molecule has 4 rings (SSSR count). The van der Waals surface area contributed by atoms with E-state index in [0.717, 1.165) is 58.5 Å². The number of hydrogen-bond acceptors (Lipinski definition) is 5. The van der Waals surface area contributed by atoms with Crippen LogP contribution in [0.3, 0.4) is 0 Å². The lowest BCUT2D eigenvalue weighted by atomic mass is 9.95. The highest BCUT2D eigenvalue weighted by atomic mass is 16.5. The van der Waals surface area contributed by atoms with Gasteiger partial charge in [0.1, 0.15) is 0 Å². The minimum Gasteiger partial charge on any atom is -0.449 e. The normalized spacial score (nSPS) is 14.5. The summed E-state index contributed by atoms with van der Waals surface area (Å²) in [6, 6.07) is 13.4. The number of para-hydroxylation sites is 1. The lowest BCUT2D eigenvalue weighted by Gasteiger charge is -2.29. The fraction of sp³-hybridized carbons (Fsp3) is 0.370. The lowest BCUT2D eigenvalue weighted by molar-refractivity contribution is -0.124. The van der Waals surface area contributed by atoms with Crippen molar-refractivity contribution in [1.82, 2.24) is 9.88 Å². The van der Waals surface area contributed by atoms with Crippen LogP contribution in [-0.2, 0) is 22.5 Å². The molecule has 0 fully saturated rings. The monoisotopic (exact) mass is 445 g/mol. The minimum atomic E-state index is -0.883. The number of ether oxygens (including phenoxy) is 1. The summed E-state index contributed by atoms with van der Waals surface area (Å²) in [5, 5.41) is 3.71. The zero-order valence-corrected chi connectivity index (χ0v) is 19.8. The highest BCUT2D eigenvalue weighted by Crippen LogP contribution is 2.29. The first-order chi connectivity index (χ1) is 15.9. The maximum atomic E-state index is 13.5. The fourth-order valence-corrected chi connectivity index (χ4v) is 4.36. The third kappa shape index (κ3) is 4.62. The average molecular weight is 446 g/mol. The highest BCUT2D eigenvalue weighted by molar-refractivity contribution is 6.06. The van der Waals surface area contributed by atoms with Gasteiger partial charge in [-0.15, -0.1) is 0 Å². The van der Waals surface area contributed by atoms with Crippen molar-refractivity contribution < 1.29 is 14.3 Å². The molecule has 0 saturated heterocycles. The number of amides is 1. The molecule has 33 heavy (non-hydrogen) atoms. The van der Waals surface area contributed by atoms with Crippen LogP contribution in [0.15, 0.2) is 42.5 Å². The molecule has 0 aliphatic carbocycles. The summed E-state index contributed by atoms with van der Waals surface area (Å²) in [6.07, 6.45) is 0.290. The van der Waals surface area contributed by atoms with Crippen LogP contribution < -0.4 is 5.32 Å². The van der Waals surface area contributed by atoms with E-state index in [0.29, 0.717) is 18.5 Å². The van der Waals surface area contributed by atoms with E-state index < -0.39 is 12.1 Å². The molecule has 6 nitrogen and oxygen atoms in total. The number of carbonyl (C=O) groups is 2. The number of likely N-dealkylation sites (N-methyl/N-ethyl adjacent to an activating group) is 1. The van der Waals surface area contributed by atoms with Crippen molar-refractivity contribution in [1.29, 1.82) is 0 Å². The van der Waals surface area contributed by atoms with Gasteiger partial charge in [0, 0.05) is 41.8 Å². The van der Waals surface area contributed by atoms with E-state index >= 15 is 0 Å². The number of rotatable bonds is 6. The number of carbonyl (C=O) groups excluding carboxylic acids is 2. The second-order valence-corrected chi connectivity index (χ2v) is 8.59. The first-order valence-corrected chi connectivity index (χ1v) is 11.6. The Morgan fingerprint density at radius 1 is 1.12 bits per heavy atom. The molecular formula is C27H31N3O3. The molecular weight excluding hydrogens is 414 g/mol. The van der Waals surface area contributed by atoms with Crippen molar-refractivity contribution in [3.05, 3.63) is 70.4 Å². The molecule has 0 saturated carbocycles. The Hall–Kier alpha value is -3.25. The van der Waals surface area contributed by atoms with E-state index in [1.54, 1.807) is 0 Å². The van der Waals surface area contributed by atoms with E-state index in [-0.39, 0.29) is 5.91 Å². The molecule has 0 radical (unpaired) electrons. The van der Waals surface area contributed by atoms with Crippen molar-refractivity contribution in [3.8, 4) is 0 Å². The number of esters is 1. The molecule has 0 spiro atoms. The molecule has 2 aromatic carbocycles. The molecule has 6 heteroatoms. The number of nitrogens with one attached hydrogen (secondary N) is 1. The van der Waals surface area contributed by atoms with E-state index in [1.165, 1.54) is 0 Å². The van der Waals surface area contributed by atoms with Crippen molar-refractivity contribution in [2.75, 3.05) is 18.4 Å². The minimum absolute atomic E-state index is 0.318. The predicted octanol–water partition coefficient (Wildman–Crippen LogP) is 4.80. The van der Waals surface area contributed by atoms with Crippen LogP contribution in [0.2, 0.25) is 0 Å². The third-order valence-electron chi connectivity index (χ3n) is 6.55. The number of pyridine rings is 1. The third-order valence-corrected chi connectivity index (χ3v) is 6.55. The van der Waals surface area contributed by atoms with Crippen molar-refractivity contribution in [2.45, 2.75) is 53.2 Å². The molecule has 1 aliphatic heterocycles. The Morgan fingerprint density at radius 2 is 1.91 bits per heavy atom. The van der Waals surface area contributed by atoms with Gasteiger partial charge >= 0.3 is 5.97 Å². The number of fused-ring (bicyclic) bond motifs is 2. The van der Waals surface area contributed by atoms with Gasteiger partial charge in [-0.1, -0.05) is 44.2 Å². The highest BCUT2D eigenvalue weighted by Gasteiger charge is 2.29. The molecule has 0 bridgehead atoms. The number of anilines is 1. The number of hydrogen-bond donors (Lipinski definition) is 1. The van der Waals surface area contributed by atoms with Crippen molar-refractivity contribution >= 4 is 28.5 Å². The average Bonchev–Trinajstić information content (AvgIpc) is 2.83. The van der Waals surface area contributed by atoms with Crippen LogP contribution in [0.4, 0.5) is 5.69 Å². The standard InChI is InChI=1S/C27H31N3O3/c1-5-24(26(31)29-21-13-9-10-17(3)18(21)4)33-27(32)25-19-11-7-8-12-22(19)28-23-14-15-30(6-2)16-20(23)25/h7-13,24H,5-6,14-16H2,1-4H3,(H,29,31). The second-order valence-electron chi connectivity index (χ2n) is 8.59. The second kappa shape index (κ2) is 9.71. The SMILES string of the molecule is CCC(OC(=O)c1c2c(nc3ccccc13)CCN(CC)C2)C(=O)Nc1cccc(C)c1C. The molecule has 172 valence electrons. The van der Waals surface area contributed by atoms with E-state index in [4.69, 9.17) is 9.72 Å². The summed E-state index contributed by atoms with van der Waals surface area (Å²) in [4.78, 5) is 33.7. The zero-order valence-electron chi connectivity index (χ0n) is 19.8. The van der Waals surface area contributed by atoms with E-state index in [9.17, 15) is 9.59 Å². The quantitative estimate of drug-likeness (QED) is 0.552. The fourth-order valence-electron chi connectivity index (χ4n) is 4.36. The Bertz CT molecular complexity index is 1200. The van der Waals surface area contributed by atoms with E-state index in [1.807, 2.05) is 63.2 Å². The van der Waals surface area contributed by atoms with Crippen LogP contribution in [0, 0.1) is 13.8 Å². The van der Waals surface area contributed by atoms with Crippen LogP contribution in [0.1, 0.15) is 53.0 Å². The summed E-state index contributed by atoms with van der Waals surface area (Å²) < 4.78 is 5.84. The molecule has 1 atom stereocenters. The van der Waals surface area contributed by atoms with Crippen LogP contribution >= 0.6 is 0 Å². The first kappa shape index (κ1) is 22.9. The summed E-state index contributed by atoms with van der Waals surface area (Å²) in [7, 11) is 0. The Morgan fingerprint density at radius 3 is 2.67 bits per heavy atom. The number of nitrogens with zero attached hydrogens (tertiary/aromatic N) is 2. The molecule has 2 heterocycles. The van der Waals surface area contributed by atoms with Crippen LogP contribution in [0.5, 0.6) is 0 Å². The molecule has 1 aromatic heterocycles. The van der Waals surface area contributed by atoms with Crippen LogP contribution in [0.25, 0.3) is 10.9 Å². The summed E-state index contributed by atoms with van der Waals surface area (Å²) >= 11 is 0. The van der Waals surface area contributed by atoms with Gasteiger partial charge in [0.05, 0.1) is 11.1 Å². The summed E-state index contributed by atoms with van der Waals surface area (Å²) in [6.45, 7) is 10.4. The Kier molecular flexibility index (Phi) is 6.75. The molecule has 1 amide bonds. The Labute approximate surface area is 195 Å². The van der Waals surface area contributed by atoms with Gasteiger partial charge in [0.25, 0.3) is 5.91 Å². The summed E-state index contributed by atoms with van der Waals surface area (Å²) in [5.41, 5.74) is 6.00. The van der Waals surface area contributed by atoms with Gasteiger partial charge < -0.3 is 10.1 Å². The smallest absolute Gasteiger partial charge is 0.340 e. The number of aromatic nitrogens is 1. The van der Waals surface area contributed by atoms with E-state index in [2.05, 4.69) is 17.1 Å². The maximum Gasteiger partial charge on any atom is 0.340 e. The number of benzene rings is 2. The van der Waals surface area contributed by atoms with Gasteiger partial charge in [-0.3, -0.25) is 14.7 Å². The van der Waals surface area contributed by atoms with Gasteiger partial charge in [-0.05, 0) is 50.1 Å². The molecule has 1 unspecified atom stereocenters. The Balaban J connectivity index is 1.65. The van der Waals surface area contributed by atoms with Crippen molar-refractivity contribution in [3.63, 3.8) is 0 Å². The van der Waals surface area contributed by atoms with Gasteiger partial charge in [-0.25, -0.2) is 4.79 Å². The molecule has 1 aliphatic rings. The molecule has 3 aromatic rings. The zero-order chi connectivity index (χ0) is 23.5. The largest absolute Gasteiger partial charge is 0.449 e. The first-order valence-electron chi connectivity index (χ1n) is 11.6. The van der Waals surface area contributed by atoms with Gasteiger partial charge in [0.2, 0.25) is 0 Å². The topological polar surface area (TPSA) is 71.5 Å².